The number of pyridine rings is 1. The van der Waals surface area contributed by atoms with E-state index in [1.54, 1.807) is 13.3 Å². The van der Waals surface area contributed by atoms with Crippen molar-refractivity contribution in [2.45, 2.75) is 0 Å². The summed E-state index contributed by atoms with van der Waals surface area (Å²) in [5.74, 6) is 0.791. The molecular formula is C13H12N2OS. The second-order valence-electron chi connectivity index (χ2n) is 3.40. The molecule has 1 aromatic carbocycles. The van der Waals surface area contributed by atoms with Crippen LogP contribution in [0, 0.1) is 0 Å². The van der Waals surface area contributed by atoms with Crippen molar-refractivity contribution in [3.8, 4) is 5.75 Å². The summed E-state index contributed by atoms with van der Waals surface area (Å²) in [6.07, 6.45) is 1.72. The molecule has 2 aromatic rings. The summed E-state index contributed by atoms with van der Waals surface area (Å²) < 4.78 is 5.14. The smallest absolute Gasteiger partial charge is 0.129 e. The molecule has 4 heteroatoms. The summed E-state index contributed by atoms with van der Waals surface area (Å²) in [6, 6.07) is 13.2. The number of anilines is 1. The third-order valence-corrected chi connectivity index (χ3v) is 2.54. The zero-order valence-corrected chi connectivity index (χ0v) is 10.2. The highest BCUT2D eigenvalue weighted by atomic mass is 32.1. The first-order chi connectivity index (χ1) is 8.29. The van der Waals surface area contributed by atoms with Crippen molar-refractivity contribution in [3.05, 3.63) is 54.4 Å². The lowest BCUT2D eigenvalue weighted by Gasteiger charge is -2.08. The third-order valence-electron chi connectivity index (χ3n) is 2.23. The van der Waals surface area contributed by atoms with Gasteiger partial charge in [-0.05, 0) is 24.3 Å². The second-order valence-corrected chi connectivity index (χ2v) is 3.81. The number of thiocarbonyl (C=S) groups is 1. The first-order valence-corrected chi connectivity index (χ1v) is 5.57. The summed E-state index contributed by atoms with van der Waals surface area (Å²) in [5.41, 5.74) is 1.64. The first kappa shape index (κ1) is 11.5. The molecule has 2 rings (SSSR count). The van der Waals surface area contributed by atoms with Crippen molar-refractivity contribution in [2.24, 2.45) is 0 Å². The average molecular weight is 244 g/mol. The third kappa shape index (κ3) is 3.01. The molecule has 0 spiro atoms. The Hall–Kier alpha value is -1.94. The molecule has 0 unspecified atom stereocenters. The van der Waals surface area contributed by atoms with Crippen LogP contribution in [0.1, 0.15) is 5.69 Å². The highest BCUT2D eigenvalue weighted by Crippen LogP contribution is 2.17. The van der Waals surface area contributed by atoms with E-state index in [-0.39, 0.29) is 0 Å². The number of rotatable bonds is 3. The summed E-state index contributed by atoms with van der Waals surface area (Å²) in [5, 5.41) is 3.12. The standard InChI is InChI=1S/C13H12N2OS/c1-16-11-6-4-5-10(9-11)15-13(17)12-7-2-3-8-14-12/h2-9H,1H3,(H,15,17). The molecule has 17 heavy (non-hydrogen) atoms. The molecule has 1 aromatic heterocycles. The second kappa shape index (κ2) is 5.41. The van der Waals surface area contributed by atoms with E-state index in [2.05, 4.69) is 10.3 Å². The van der Waals surface area contributed by atoms with E-state index in [0.29, 0.717) is 4.99 Å². The van der Waals surface area contributed by atoms with Gasteiger partial charge < -0.3 is 10.1 Å². The molecule has 1 heterocycles. The topological polar surface area (TPSA) is 34.1 Å². The Bertz CT molecular complexity index is 514. The zero-order valence-electron chi connectivity index (χ0n) is 9.38. The van der Waals surface area contributed by atoms with Gasteiger partial charge in [0.2, 0.25) is 0 Å². The Kier molecular flexibility index (Phi) is 3.67. The van der Waals surface area contributed by atoms with Crippen LogP contribution in [0.15, 0.2) is 48.7 Å². The minimum Gasteiger partial charge on any atom is -0.497 e. The van der Waals surface area contributed by atoms with Gasteiger partial charge >= 0.3 is 0 Å². The molecule has 0 aliphatic carbocycles. The fourth-order valence-corrected chi connectivity index (χ4v) is 1.63. The highest BCUT2D eigenvalue weighted by molar-refractivity contribution is 7.81. The van der Waals surface area contributed by atoms with Crippen LogP contribution in [-0.2, 0) is 0 Å². The number of nitrogens with zero attached hydrogens (tertiary/aromatic N) is 1. The fourth-order valence-electron chi connectivity index (χ4n) is 1.39. The Morgan fingerprint density at radius 3 is 2.82 bits per heavy atom. The number of hydrogen-bond acceptors (Lipinski definition) is 3. The van der Waals surface area contributed by atoms with E-state index in [4.69, 9.17) is 17.0 Å². The molecule has 0 saturated carbocycles. The van der Waals surface area contributed by atoms with Gasteiger partial charge in [0.1, 0.15) is 10.7 Å². The monoisotopic (exact) mass is 244 g/mol. The summed E-state index contributed by atoms with van der Waals surface area (Å²) in [6.45, 7) is 0. The van der Waals surface area contributed by atoms with Crippen LogP contribution in [0.2, 0.25) is 0 Å². The maximum Gasteiger partial charge on any atom is 0.129 e. The lowest BCUT2D eigenvalue weighted by molar-refractivity contribution is 0.415. The quantitative estimate of drug-likeness (QED) is 0.842. The van der Waals surface area contributed by atoms with E-state index in [1.165, 1.54) is 0 Å². The van der Waals surface area contributed by atoms with E-state index < -0.39 is 0 Å². The molecule has 0 aliphatic heterocycles. The number of benzene rings is 1. The van der Waals surface area contributed by atoms with Gasteiger partial charge in [0.05, 0.1) is 12.8 Å². The van der Waals surface area contributed by atoms with Gasteiger partial charge in [0.15, 0.2) is 0 Å². The van der Waals surface area contributed by atoms with Gasteiger partial charge in [0, 0.05) is 18.0 Å². The predicted molar refractivity (Wildman–Crippen MR) is 72.6 cm³/mol. The van der Waals surface area contributed by atoms with Crippen molar-refractivity contribution in [3.63, 3.8) is 0 Å². The molecule has 0 fully saturated rings. The molecular weight excluding hydrogens is 232 g/mol. The Morgan fingerprint density at radius 1 is 1.24 bits per heavy atom. The summed E-state index contributed by atoms with van der Waals surface area (Å²) in [4.78, 5) is 4.78. The minimum atomic E-state index is 0.596. The van der Waals surface area contributed by atoms with Gasteiger partial charge in [0.25, 0.3) is 0 Å². The number of ether oxygens (including phenoxy) is 1. The molecule has 0 saturated heterocycles. The van der Waals surface area contributed by atoms with Gasteiger partial charge in [-0.2, -0.15) is 0 Å². The normalized spacial score (nSPS) is 9.71. The van der Waals surface area contributed by atoms with E-state index in [1.807, 2.05) is 42.5 Å². The molecule has 0 bridgehead atoms. The van der Waals surface area contributed by atoms with Crippen LogP contribution < -0.4 is 10.1 Å². The van der Waals surface area contributed by atoms with Gasteiger partial charge in [-0.25, -0.2) is 0 Å². The fraction of sp³-hybridized carbons (Fsp3) is 0.0769. The summed E-state index contributed by atoms with van der Waals surface area (Å²) in [7, 11) is 1.64. The van der Waals surface area contributed by atoms with Gasteiger partial charge in [-0.1, -0.05) is 24.4 Å². The largest absolute Gasteiger partial charge is 0.497 e. The van der Waals surface area contributed by atoms with E-state index in [9.17, 15) is 0 Å². The van der Waals surface area contributed by atoms with Gasteiger partial charge in [-0.15, -0.1) is 0 Å². The predicted octanol–water partition coefficient (Wildman–Crippen LogP) is 2.88. The first-order valence-electron chi connectivity index (χ1n) is 5.16. The zero-order chi connectivity index (χ0) is 12.1. The van der Waals surface area contributed by atoms with Crippen molar-refractivity contribution in [1.29, 1.82) is 0 Å². The van der Waals surface area contributed by atoms with Crippen LogP contribution in [0.5, 0.6) is 5.75 Å². The van der Waals surface area contributed by atoms with Crippen molar-refractivity contribution in [1.82, 2.24) is 4.98 Å². The molecule has 86 valence electrons. The maximum atomic E-state index is 5.27. The SMILES string of the molecule is COc1cccc(NC(=S)c2ccccn2)c1. The molecule has 0 aliphatic rings. The van der Waals surface area contributed by atoms with E-state index in [0.717, 1.165) is 17.1 Å². The number of hydrogen-bond donors (Lipinski definition) is 1. The maximum absolute atomic E-state index is 5.27. The Labute approximate surface area is 105 Å². The van der Waals surface area contributed by atoms with Crippen molar-refractivity contribution < 1.29 is 4.74 Å². The Balaban J connectivity index is 2.13. The van der Waals surface area contributed by atoms with Crippen LogP contribution in [-0.4, -0.2) is 17.1 Å². The lowest BCUT2D eigenvalue weighted by atomic mass is 10.3. The van der Waals surface area contributed by atoms with Crippen LogP contribution in [0.3, 0.4) is 0 Å². The minimum absolute atomic E-state index is 0.596. The average Bonchev–Trinajstić information content (AvgIpc) is 2.40. The molecule has 0 atom stereocenters. The molecule has 0 radical (unpaired) electrons. The number of nitrogens with one attached hydrogen (secondary N) is 1. The van der Waals surface area contributed by atoms with Crippen LogP contribution in [0.4, 0.5) is 5.69 Å². The van der Waals surface area contributed by atoms with E-state index >= 15 is 0 Å². The lowest BCUT2D eigenvalue weighted by Crippen LogP contribution is -2.11. The van der Waals surface area contributed by atoms with Crippen LogP contribution >= 0.6 is 12.2 Å². The Morgan fingerprint density at radius 2 is 2.12 bits per heavy atom. The molecule has 0 amide bonds. The highest BCUT2D eigenvalue weighted by Gasteiger charge is 2.02. The number of methoxy groups -OCH3 is 1. The van der Waals surface area contributed by atoms with Crippen molar-refractivity contribution in [2.75, 3.05) is 12.4 Å². The molecule has 3 nitrogen and oxygen atoms in total. The number of aromatic nitrogens is 1. The van der Waals surface area contributed by atoms with Gasteiger partial charge in [-0.3, -0.25) is 4.98 Å². The molecule has 1 N–H and O–H groups in total. The van der Waals surface area contributed by atoms with Crippen LogP contribution in [0.25, 0.3) is 0 Å². The van der Waals surface area contributed by atoms with Crippen molar-refractivity contribution >= 4 is 22.9 Å². The summed E-state index contributed by atoms with van der Waals surface area (Å²) >= 11 is 5.27.